The molecular weight excluding hydrogens is 306 g/mol. The van der Waals surface area contributed by atoms with E-state index < -0.39 is 6.04 Å². The van der Waals surface area contributed by atoms with Crippen LogP contribution >= 0.6 is 0 Å². The summed E-state index contributed by atoms with van der Waals surface area (Å²) >= 11 is 0. The van der Waals surface area contributed by atoms with Crippen molar-refractivity contribution < 1.29 is 4.79 Å². The van der Waals surface area contributed by atoms with E-state index in [0.29, 0.717) is 24.6 Å². The van der Waals surface area contributed by atoms with Gasteiger partial charge < -0.3 is 10.2 Å². The molecule has 0 radical (unpaired) electrons. The normalized spacial score (nSPS) is 12.1. The Balaban J connectivity index is 1.93. The van der Waals surface area contributed by atoms with Crippen molar-refractivity contribution in [3.05, 3.63) is 48.0 Å². The molecule has 2 heterocycles. The van der Waals surface area contributed by atoms with E-state index in [4.69, 9.17) is 0 Å². The molecule has 0 bridgehead atoms. The van der Waals surface area contributed by atoms with Crippen molar-refractivity contribution in [2.45, 2.75) is 19.9 Å². The Labute approximate surface area is 139 Å². The number of nitrogens with zero attached hydrogens (tertiary/aromatic N) is 6. The Kier molecular flexibility index (Phi) is 4.64. The number of nitrogens with one attached hydrogen (secondary N) is 1. The van der Waals surface area contributed by atoms with E-state index in [1.165, 1.54) is 4.63 Å². The number of likely N-dealkylation sites (N-methyl/N-ethyl adjacent to an activating group) is 1. The highest BCUT2D eigenvalue weighted by molar-refractivity contribution is 5.85. The number of anilines is 1. The summed E-state index contributed by atoms with van der Waals surface area (Å²) in [5, 5.41) is 18.7. The first-order chi connectivity index (χ1) is 11.7. The Morgan fingerprint density at radius 1 is 1.17 bits per heavy atom. The first-order valence-electron chi connectivity index (χ1n) is 7.88. The van der Waals surface area contributed by atoms with Crippen LogP contribution in [0.15, 0.2) is 42.5 Å². The summed E-state index contributed by atoms with van der Waals surface area (Å²) in [5.74, 6) is 0.536. The van der Waals surface area contributed by atoms with Gasteiger partial charge in [0.25, 0.3) is 0 Å². The smallest absolute Gasteiger partial charge is 0.249 e. The number of fused-ring (bicyclic) bond motifs is 1. The highest BCUT2D eigenvalue weighted by atomic mass is 16.2. The molecule has 0 fully saturated rings. The number of aromatic nitrogens is 5. The van der Waals surface area contributed by atoms with Gasteiger partial charge >= 0.3 is 0 Å². The zero-order valence-corrected chi connectivity index (χ0v) is 13.6. The van der Waals surface area contributed by atoms with Crippen LogP contribution in [0.3, 0.4) is 0 Å². The molecular formula is C16H19N7O. The summed E-state index contributed by atoms with van der Waals surface area (Å²) in [6.07, 6.45) is 0. The van der Waals surface area contributed by atoms with Crippen LogP contribution in [0.4, 0.5) is 5.82 Å². The van der Waals surface area contributed by atoms with Crippen LogP contribution in [0.25, 0.3) is 5.65 Å². The van der Waals surface area contributed by atoms with Crippen LogP contribution in [0.5, 0.6) is 0 Å². The molecule has 0 saturated carbocycles. The molecule has 8 nitrogen and oxygen atoms in total. The van der Waals surface area contributed by atoms with Crippen LogP contribution in [0, 0.1) is 0 Å². The highest BCUT2D eigenvalue weighted by Gasteiger charge is 2.24. The fraction of sp³-hybridized carbons (Fsp3) is 0.312. The van der Waals surface area contributed by atoms with E-state index in [2.05, 4.69) is 25.9 Å². The van der Waals surface area contributed by atoms with Gasteiger partial charge in [-0.15, -0.1) is 14.8 Å². The second kappa shape index (κ2) is 7.03. The average Bonchev–Trinajstić information content (AvgIpc) is 3.09. The number of tetrazole rings is 1. The van der Waals surface area contributed by atoms with E-state index in [-0.39, 0.29) is 5.91 Å². The Morgan fingerprint density at radius 2 is 1.92 bits per heavy atom. The van der Waals surface area contributed by atoms with Crippen LogP contribution in [-0.4, -0.2) is 49.2 Å². The largest absolute Gasteiger partial charge is 0.353 e. The van der Waals surface area contributed by atoms with Crippen molar-refractivity contribution in [2.24, 2.45) is 0 Å². The third kappa shape index (κ3) is 3.17. The van der Waals surface area contributed by atoms with Gasteiger partial charge in [-0.2, -0.15) is 0 Å². The van der Waals surface area contributed by atoms with E-state index in [9.17, 15) is 4.79 Å². The van der Waals surface area contributed by atoms with E-state index in [1.54, 1.807) is 17.0 Å². The zero-order valence-electron chi connectivity index (χ0n) is 13.6. The SMILES string of the molecule is CCN(CC)C(=O)[C@@H](Nc1ccc2nnnn2n1)c1ccccc1. The molecule has 2 aromatic heterocycles. The minimum atomic E-state index is -0.521. The van der Waals surface area contributed by atoms with E-state index >= 15 is 0 Å². The highest BCUT2D eigenvalue weighted by Crippen LogP contribution is 2.21. The van der Waals surface area contributed by atoms with Gasteiger partial charge in [0.15, 0.2) is 5.65 Å². The minimum Gasteiger partial charge on any atom is -0.353 e. The Morgan fingerprint density at radius 3 is 2.62 bits per heavy atom. The van der Waals surface area contributed by atoms with Crippen LogP contribution < -0.4 is 5.32 Å². The fourth-order valence-corrected chi connectivity index (χ4v) is 2.53. The fourth-order valence-electron chi connectivity index (χ4n) is 2.53. The van der Waals surface area contributed by atoms with Crippen molar-refractivity contribution in [3.8, 4) is 0 Å². The summed E-state index contributed by atoms with van der Waals surface area (Å²) in [7, 11) is 0. The summed E-state index contributed by atoms with van der Waals surface area (Å²) in [6.45, 7) is 5.24. The van der Waals surface area contributed by atoms with Crippen molar-refractivity contribution in [2.75, 3.05) is 18.4 Å². The lowest BCUT2D eigenvalue weighted by atomic mass is 10.1. The molecule has 0 aliphatic heterocycles. The molecule has 24 heavy (non-hydrogen) atoms. The van der Waals surface area contributed by atoms with Crippen molar-refractivity contribution in [3.63, 3.8) is 0 Å². The predicted molar refractivity (Wildman–Crippen MR) is 89.3 cm³/mol. The molecule has 0 unspecified atom stereocenters. The molecule has 0 saturated heterocycles. The second-order valence-electron chi connectivity index (χ2n) is 5.24. The molecule has 1 aromatic carbocycles. The molecule has 0 aliphatic rings. The third-order valence-electron chi connectivity index (χ3n) is 3.82. The first-order valence-corrected chi connectivity index (χ1v) is 7.88. The number of carbonyl (C=O) groups is 1. The number of benzene rings is 1. The molecule has 1 amide bonds. The molecule has 1 N–H and O–H groups in total. The van der Waals surface area contributed by atoms with E-state index in [1.807, 2.05) is 44.2 Å². The number of hydrogen-bond donors (Lipinski definition) is 1. The monoisotopic (exact) mass is 325 g/mol. The number of rotatable bonds is 6. The molecule has 0 spiro atoms. The predicted octanol–water partition coefficient (Wildman–Crippen LogP) is 1.54. The van der Waals surface area contributed by atoms with Gasteiger partial charge in [-0.25, -0.2) is 0 Å². The van der Waals surface area contributed by atoms with Gasteiger partial charge in [0.1, 0.15) is 11.9 Å². The molecule has 3 aromatic rings. The van der Waals surface area contributed by atoms with Crippen LogP contribution in [0.2, 0.25) is 0 Å². The lowest BCUT2D eigenvalue weighted by molar-refractivity contribution is -0.131. The van der Waals surface area contributed by atoms with Gasteiger partial charge in [-0.3, -0.25) is 4.79 Å². The van der Waals surface area contributed by atoms with Crippen molar-refractivity contribution >= 4 is 17.4 Å². The van der Waals surface area contributed by atoms with Crippen molar-refractivity contribution in [1.29, 1.82) is 0 Å². The van der Waals surface area contributed by atoms with Gasteiger partial charge in [-0.1, -0.05) is 30.3 Å². The molecule has 1 atom stereocenters. The standard InChI is InChI=1S/C16H19N7O/c1-3-22(4-2)16(24)15(12-8-6-5-7-9-12)17-13-10-11-14-18-20-21-23(14)19-13/h5-11,15H,3-4H2,1-2H3,(H,17,19)/t15-/m0/s1. The lowest BCUT2D eigenvalue weighted by Crippen LogP contribution is -2.38. The maximum atomic E-state index is 12.9. The molecule has 8 heteroatoms. The summed E-state index contributed by atoms with van der Waals surface area (Å²) in [6, 6.07) is 12.6. The second-order valence-corrected chi connectivity index (χ2v) is 5.24. The molecule has 124 valence electrons. The Bertz CT molecular complexity index is 813. The summed E-state index contributed by atoms with van der Waals surface area (Å²) in [5.41, 5.74) is 1.43. The van der Waals surface area contributed by atoms with Crippen LogP contribution in [-0.2, 0) is 4.79 Å². The Hall–Kier alpha value is -3.03. The minimum absolute atomic E-state index is 0.00446. The van der Waals surface area contributed by atoms with Gasteiger partial charge in [0.05, 0.1) is 0 Å². The summed E-state index contributed by atoms with van der Waals surface area (Å²) < 4.78 is 1.33. The number of amides is 1. The quantitative estimate of drug-likeness (QED) is 0.739. The average molecular weight is 325 g/mol. The van der Waals surface area contributed by atoms with Gasteiger partial charge in [0, 0.05) is 13.1 Å². The number of hydrogen-bond acceptors (Lipinski definition) is 6. The van der Waals surface area contributed by atoms with Crippen molar-refractivity contribution in [1.82, 2.24) is 30.2 Å². The van der Waals surface area contributed by atoms with Gasteiger partial charge in [-0.05, 0) is 42.0 Å². The first kappa shape index (κ1) is 15.9. The molecule has 0 aliphatic carbocycles. The topological polar surface area (TPSA) is 88.3 Å². The lowest BCUT2D eigenvalue weighted by Gasteiger charge is -2.26. The van der Waals surface area contributed by atoms with Gasteiger partial charge in [0.2, 0.25) is 5.91 Å². The van der Waals surface area contributed by atoms with Crippen LogP contribution in [0.1, 0.15) is 25.5 Å². The van der Waals surface area contributed by atoms with E-state index in [0.717, 1.165) is 5.56 Å². The maximum absolute atomic E-state index is 12.9. The summed E-state index contributed by atoms with van der Waals surface area (Å²) in [4.78, 5) is 14.7. The number of carbonyl (C=O) groups excluding carboxylic acids is 1. The maximum Gasteiger partial charge on any atom is 0.249 e. The third-order valence-corrected chi connectivity index (χ3v) is 3.82. The molecule has 3 rings (SSSR count). The zero-order chi connectivity index (χ0) is 16.9.